The molecule has 1 aromatic rings. The monoisotopic (exact) mass is 301 g/mol. The van der Waals surface area contributed by atoms with Gasteiger partial charge in [-0.1, -0.05) is 12.8 Å². The van der Waals surface area contributed by atoms with E-state index in [1.807, 2.05) is 0 Å². The van der Waals surface area contributed by atoms with Gasteiger partial charge in [-0.25, -0.2) is 17.5 Å². The van der Waals surface area contributed by atoms with E-state index in [0.29, 0.717) is 5.56 Å². The van der Waals surface area contributed by atoms with Crippen LogP contribution < -0.4 is 4.72 Å². The highest BCUT2D eigenvalue weighted by Crippen LogP contribution is 2.37. The number of benzene rings is 1. The van der Waals surface area contributed by atoms with Crippen molar-refractivity contribution in [2.75, 3.05) is 13.2 Å². The van der Waals surface area contributed by atoms with Crippen molar-refractivity contribution in [3.05, 3.63) is 29.6 Å². The van der Waals surface area contributed by atoms with Crippen molar-refractivity contribution in [3.63, 3.8) is 0 Å². The Kier molecular flexibility index (Phi) is 4.46. The summed E-state index contributed by atoms with van der Waals surface area (Å²) >= 11 is 0. The molecule has 1 fully saturated rings. The molecule has 6 heteroatoms. The van der Waals surface area contributed by atoms with Gasteiger partial charge in [-0.15, -0.1) is 0 Å². The molecular formula is C14H20FNO3S. The molecule has 2 N–H and O–H groups in total. The van der Waals surface area contributed by atoms with Crippen molar-refractivity contribution < 1.29 is 17.9 Å². The fourth-order valence-electron chi connectivity index (χ4n) is 2.76. The Morgan fingerprint density at radius 2 is 2.00 bits per heavy atom. The molecule has 0 aliphatic heterocycles. The fourth-order valence-corrected chi connectivity index (χ4v) is 4.14. The Morgan fingerprint density at radius 3 is 2.55 bits per heavy atom. The minimum Gasteiger partial charge on any atom is -0.396 e. The molecule has 0 radical (unpaired) electrons. The van der Waals surface area contributed by atoms with Crippen molar-refractivity contribution in [2.24, 2.45) is 5.41 Å². The van der Waals surface area contributed by atoms with E-state index in [-0.39, 0.29) is 23.5 Å². The summed E-state index contributed by atoms with van der Waals surface area (Å²) in [5, 5.41) is 9.49. The number of aliphatic hydroxyl groups excluding tert-OH is 1. The van der Waals surface area contributed by atoms with Gasteiger partial charge in [0.25, 0.3) is 0 Å². The van der Waals surface area contributed by atoms with Crippen LogP contribution in [0.1, 0.15) is 31.2 Å². The van der Waals surface area contributed by atoms with Crippen molar-refractivity contribution in [2.45, 2.75) is 37.5 Å². The Morgan fingerprint density at radius 1 is 1.35 bits per heavy atom. The number of hydrogen-bond acceptors (Lipinski definition) is 3. The predicted octanol–water partition coefficient (Wildman–Crippen LogP) is 1.97. The normalized spacial score (nSPS) is 18.4. The molecule has 2 rings (SSSR count). The van der Waals surface area contributed by atoms with E-state index in [9.17, 15) is 17.9 Å². The molecule has 1 aliphatic rings. The summed E-state index contributed by atoms with van der Waals surface area (Å²) in [7, 11) is -3.67. The lowest BCUT2D eigenvalue weighted by atomic mass is 9.88. The molecule has 0 saturated heterocycles. The quantitative estimate of drug-likeness (QED) is 0.874. The van der Waals surface area contributed by atoms with Crippen LogP contribution in [0.4, 0.5) is 4.39 Å². The van der Waals surface area contributed by atoms with E-state index < -0.39 is 15.8 Å². The van der Waals surface area contributed by atoms with E-state index >= 15 is 0 Å². The lowest BCUT2D eigenvalue weighted by Gasteiger charge is -2.26. The van der Waals surface area contributed by atoms with Gasteiger partial charge in [0.2, 0.25) is 10.0 Å². The maximum Gasteiger partial charge on any atom is 0.240 e. The topological polar surface area (TPSA) is 66.4 Å². The first kappa shape index (κ1) is 15.4. The SMILES string of the molecule is Cc1cc(F)ccc1S(=O)(=O)NCC1(CO)CCCC1. The first-order valence-corrected chi connectivity index (χ1v) is 8.24. The molecule has 20 heavy (non-hydrogen) atoms. The molecule has 0 aromatic heterocycles. The number of aliphatic hydroxyl groups is 1. The Labute approximate surface area is 119 Å². The zero-order valence-corrected chi connectivity index (χ0v) is 12.3. The van der Waals surface area contributed by atoms with E-state index in [0.717, 1.165) is 31.7 Å². The minimum absolute atomic E-state index is 0.0160. The fraction of sp³-hybridized carbons (Fsp3) is 0.571. The number of rotatable bonds is 5. The Hall–Kier alpha value is -0.980. The Bertz CT molecular complexity index is 580. The highest BCUT2D eigenvalue weighted by Gasteiger charge is 2.34. The van der Waals surface area contributed by atoms with Gasteiger partial charge >= 0.3 is 0 Å². The van der Waals surface area contributed by atoms with Gasteiger partial charge in [0, 0.05) is 18.6 Å². The van der Waals surface area contributed by atoms with Crippen molar-refractivity contribution >= 4 is 10.0 Å². The predicted molar refractivity (Wildman–Crippen MR) is 74.3 cm³/mol. The van der Waals surface area contributed by atoms with Gasteiger partial charge in [-0.2, -0.15) is 0 Å². The zero-order valence-electron chi connectivity index (χ0n) is 11.5. The molecule has 1 aromatic carbocycles. The van der Waals surface area contributed by atoms with Crippen LogP contribution in [0.5, 0.6) is 0 Å². The molecule has 0 heterocycles. The van der Waals surface area contributed by atoms with Gasteiger partial charge < -0.3 is 5.11 Å². The van der Waals surface area contributed by atoms with Crippen LogP contribution in [-0.2, 0) is 10.0 Å². The van der Waals surface area contributed by atoms with E-state index in [4.69, 9.17) is 0 Å². The molecule has 0 atom stereocenters. The zero-order chi connectivity index (χ0) is 14.8. The number of aryl methyl sites for hydroxylation is 1. The average Bonchev–Trinajstić information content (AvgIpc) is 2.85. The van der Waals surface area contributed by atoms with Gasteiger partial charge in [0.1, 0.15) is 5.82 Å². The first-order valence-electron chi connectivity index (χ1n) is 6.75. The lowest BCUT2D eigenvalue weighted by molar-refractivity contribution is 0.134. The molecule has 112 valence electrons. The second-order valence-corrected chi connectivity index (χ2v) is 7.33. The van der Waals surface area contributed by atoms with E-state index in [2.05, 4.69) is 4.72 Å². The summed E-state index contributed by atoms with van der Waals surface area (Å²) < 4.78 is 40.1. The van der Waals surface area contributed by atoms with Crippen LogP contribution in [0.25, 0.3) is 0 Å². The van der Waals surface area contributed by atoms with Crippen LogP contribution in [0, 0.1) is 18.2 Å². The number of halogens is 1. The molecule has 0 spiro atoms. The second-order valence-electron chi connectivity index (χ2n) is 5.60. The molecule has 1 saturated carbocycles. The van der Waals surface area contributed by atoms with Gasteiger partial charge in [-0.05, 0) is 43.5 Å². The van der Waals surface area contributed by atoms with Gasteiger partial charge in [0.05, 0.1) is 4.90 Å². The standard InChI is InChI=1S/C14H20FNO3S/c1-11-8-12(15)4-5-13(11)20(18,19)16-9-14(10-17)6-2-3-7-14/h4-5,8,16-17H,2-3,6-7,9-10H2,1H3. The highest BCUT2D eigenvalue weighted by atomic mass is 32.2. The molecule has 0 amide bonds. The highest BCUT2D eigenvalue weighted by molar-refractivity contribution is 7.89. The van der Waals surface area contributed by atoms with E-state index in [1.54, 1.807) is 6.92 Å². The van der Waals surface area contributed by atoms with Crippen LogP contribution >= 0.6 is 0 Å². The third-order valence-corrected chi connectivity index (χ3v) is 5.62. The van der Waals surface area contributed by atoms with Gasteiger partial charge in [-0.3, -0.25) is 0 Å². The number of nitrogens with one attached hydrogen (secondary N) is 1. The van der Waals surface area contributed by atoms with Crippen molar-refractivity contribution in [1.82, 2.24) is 4.72 Å². The maximum absolute atomic E-state index is 13.0. The third kappa shape index (κ3) is 3.19. The molecular weight excluding hydrogens is 281 g/mol. The summed E-state index contributed by atoms with van der Waals surface area (Å²) in [5.41, 5.74) is 0.0306. The second kappa shape index (κ2) is 5.79. The first-order chi connectivity index (χ1) is 9.38. The van der Waals surface area contributed by atoms with Gasteiger partial charge in [0.15, 0.2) is 0 Å². The molecule has 0 unspecified atom stereocenters. The van der Waals surface area contributed by atoms with Crippen LogP contribution in [0.2, 0.25) is 0 Å². The number of hydrogen-bond donors (Lipinski definition) is 2. The van der Waals surface area contributed by atoms with Crippen LogP contribution in [0.15, 0.2) is 23.1 Å². The lowest BCUT2D eigenvalue weighted by Crippen LogP contribution is -2.38. The van der Waals surface area contributed by atoms with Crippen LogP contribution in [-0.4, -0.2) is 26.7 Å². The third-order valence-electron chi connectivity index (χ3n) is 4.06. The van der Waals surface area contributed by atoms with E-state index in [1.165, 1.54) is 12.1 Å². The summed E-state index contributed by atoms with van der Waals surface area (Å²) in [5.74, 6) is -0.455. The molecule has 0 bridgehead atoms. The maximum atomic E-state index is 13.0. The summed E-state index contributed by atoms with van der Waals surface area (Å²) in [6.45, 7) is 1.77. The Balaban J connectivity index is 2.15. The van der Waals surface area contributed by atoms with Crippen molar-refractivity contribution in [3.8, 4) is 0 Å². The molecule has 4 nitrogen and oxygen atoms in total. The summed E-state index contributed by atoms with van der Waals surface area (Å²) in [6.07, 6.45) is 3.68. The van der Waals surface area contributed by atoms with Crippen LogP contribution in [0.3, 0.4) is 0 Å². The largest absolute Gasteiger partial charge is 0.396 e. The smallest absolute Gasteiger partial charge is 0.240 e. The molecule has 1 aliphatic carbocycles. The summed E-state index contributed by atoms with van der Waals surface area (Å²) in [6, 6.07) is 3.61. The minimum atomic E-state index is -3.67. The number of sulfonamides is 1. The average molecular weight is 301 g/mol. The summed E-state index contributed by atoms with van der Waals surface area (Å²) in [4.78, 5) is 0.0880. The van der Waals surface area contributed by atoms with Crippen molar-refractivity contribution in [1.29, 1.82) is 0 Å².